The first kappa shape index (κ1) is 11.3. The van der Waals surface area contributed by atoms with Crippen molar-refractivity contribution < 1.29 is 4.79 Å². The molecule has 2 nitrogen and oxygen atoms in total. The molecule has 0 fully saturated rings. The molecule has 0 radical (unpaired) electrons. The number of rotatable bonds is 6. The van der Waals surface area contributed by atoms with Crippen molar-refractivity contribution in [1.82, 2.24) is 5.23 Å². The molecule has 0 unspecified atom stereocenters. The molecule has 76 valence electrons. The fraction of sp³-hybridized carbons (Fsp3) is 0.0833. The number of hydrogen-bond acceptors (Lipinski definition) is 2. The predicted molar refractivity (Wildman–Crippen MR) is 65.1 cm³/mol. The fourth-order valence-electron chi connectivity index (χ4n) is 1.38. The van der Waals surface area contributed by atoms with Crippen LogP contribution in [0.2, 0.25) is 0 Å². The zero-order valence-corrected chi connectivity index (χ0v) is 8.65. The maximum atomic E-state index is 10.3. The summed E-state index contributed by atoms with van der Waals surface area (Å²) in [7, 11) is 0. The Balaban J connectivity index is 2.80. The standard InChI is InChI=1S/C12H14BNO/c1-3-13(14-4-2)12-7-5-11(6-8-12)9-10-15/h3-8,10,14H,1-2,9H2. The van der Waals surface area contributed by atoms with Crippen molar-refractivity contribution in [3.63, 3.8) is 0 Å². The van der Waals surface area contributed by atoms with Crippen LogP contribution < -0.4 is 10.7 Å². The summed E-state index contributed by atoms with van der Waals surface area (Å²) in [5.74, 6) is 1.82. The predicted octanol–water partition coefficient (Wildman–Crippen LogP) is 1.08. The van der Waals surface area contributed by atoms with Crippen LogP contribution in [-0.4, -0.2) is 13.1 Å². The van der Waals surface area contributed by atoms with Gasteiger partial charge in [-0.05, 0) is 11.8 Å². The van der Waals surface area contributed by atoms with E-state index in [4.69, 9.17) is 0 Å². The van der Waals surface area contributed by atoms with E-state index >= 15 is 0 Å². The minimum Gasteiger partial charge on any atom is -0.427 e. The highest BCUT2D eigenvalue weighted by Gasteiger charge is 2.10. The third-order valence-electron chi connectivity index (χ3n) is 2.19. The zero-order chi connectivity index (χ0) is 11.1. The Morgan fingerprint density at radius 3 is 2.40 bits per heavy atom. The molecular formula is C12H14BNO. The van der Waals surface area contributed by atoms with Crippen LogP contribution in [0.5, 0.6) is 0 Å². The van der Waals surface area contributed by atoms with Crippen LogP contribution in [0, 0.1) is 0 Å². The second-order valence-corrected chi connectivity index (χ2v) is 3.20. The highest BCUT2D eigenvalue weighted by molar-refractivity contribution is 6.75. The third kappa shape index (κ3) is 3.13. The molecule has 0 aliphatic heterocycles. The Morgan fingerprint density at radius 2 is 1.93 bits per heavy atom. The first-order valence-electron chi connectivity index (χ1n) is 4.83. The summed E-state index contributed by atoms with van der Waals surface area (Å²) in [5, 5.41) is 3.08. The molecule has 1 aromatic carbocycles. The lowest BCUT2D eigenvalue weighted by atomic mass is 9.56. The Bertz CT molecular complexity index is 345. The van der Waals surface area contributed by atoms with E-state index in [1.54, 1.807) is 6.20 Å². The van der Waals surface area contributed by atoms with Gasteiger partial charge in [-0.3, -0.25) is 0 Å². The summed E-state index contributed by atoms with van der Waals surface area (Å²) in [6.45, 7) is 7.44. The van der Waals surface area contributed by atoms with E-state index in [2.05, 4.69) is 18.4 Å². The lowest BCUT2D eigenvalue weighted by Crippen LogP contribution is -2.40. The van der Waals surface area contributed by atoms with Crippen molar-refractivity contribution in [2.75, 3.05) is 0 Å². The van der Waals surface area contributed by atoms with Crippen LogP contribution in [0.15, 0.2) is 49.6 Å². The number of nitrogens with one attached hydrogen (secondary N) is 1. The molecule has 0 aromatic heterocycles. The molecule has 0 saturated heterocycles. The van der Waals surface area contributed by atoms with Gasteiger partial charge < -0.3 is 10.0 Å². The van der Waals surface area contributed by atoms with E-state index in [1.165, 1.54) is 0 Å². The van der Waals surface area contributed by atoms with Gasteiger partial charge in [0.05, 0.1) is 0 Å². The molecule has 0 spiro atoms. The first-order chi connectivity index (χ1) is 7.31. The number of carbonyl (C=O) groups is 1. The number of carbonyl (C=O) groups excluding carboxylic acids is 1. The van der Waals surface area contributed by atoms with E-state index in [-0.39, 0.29) is 6.85 Å². The van der Waals surface area contributed by atoms with Gasteiger partial charge in [-0.25, -0.2) is 0 Å². The lowest BCUT2D eigenvalue weighted by molar-refractivity contribution is -0.107. The van der Waals surface area contributed by atoms with Crippen LogP contribution >= 0.6 is 0 Å². The van der Waals surface area contributed by atoms with Gasteiger partial charge in [0.25, 0.3) is 0 Å². The molecule has 0 aliphatic carbocycles. The van der Waals surface area contributed by atoms with Crippen LogP contribution in [0.1, 0.15) is 5.56 Å². The molecule has 0 bridgehead atoms. The second-order valence-electron chi connectivity index (χ2n) is 3.20. The van der Waals surface area contributed by atoms with Gasteiger partial charge in [0.15, 0.2) is 0 Å². The summed E-state index contributed by atoms with van der Waals surface area (Å²) in [4.78, 5) is 10.3. The SMILES string of the molecule is C=CNB(C=C)c1ccc(CC=O)cc1. The quantitative estimate of drug-likeness (QED) is 0.548. The maximum Gasteiger partial charge on any atom is 0.312 e. The Morgan fingerprint density at radius 1 is 1.27 bits per heavy atom. The minimum atomic E-state index is 0.0766. The van der Waals surface area contributed by atoms with E-state index < -0.39 is 0 Å². The molecule has 0 heterocycles. The first-order valence-corrected chi connectivity index (χ1v) is 4.83. The van der Waals surface area contributed by atoms with Gasteiger partial charge in [0, 0.05) is 6.42 Å². The van der Waals surface area contributed by atoms with Crippen molar-refractivity contribution in [2.24, 2.45) is 0 Å². The topological polar surface area (TPSA) is 29.1 Å². The van der Waals surface area contributed by atoms with Crippen LogP contribution in [-0.2, 0) is 11.2 Å². The summed E-state index contributed by atoms with van der Waals surface area (Å²) in [6, 6.07) is 7.87. The smallest absolute Gasteiger partial charge is 0.312 e. The Kier molecular flexibility index (Phi) is 4.42. The maximum absolute atomic E-state index is 10.3. The molecule has 1 N–H and O–H groups in total. The minimum absolute atomic E-state index is 0.0766. The highest BCUT2D eigenvalue weighted by atomic mass is 16.1. The van der Waals surface area contributed by atoms with E-state index in [0.717, 1.165) is 17.3 Å². The van der Waals surface area contributed by atoms with Gasteiger partial charge in [-0.1, -0.05) is 42.3 Å². The Labute approximate surface area is 90.8 Å². The summed E-state index contributed by atoms with van der Waals surface area (Å²) < 4.78 is 0. The van der Waals surface area contributed by atoms with Crippen molar-refractivity contribution in [3.05, 3.63) is 55.2 Å². The van der Waals surface area contributed by atoms with Gasteiger partial charge in [-0.2, -0.15) is 0 Å². The fourth-order valence-corrected chi connectivity index (χ4v) is 1.38. The molecule has 3 heteroatoms. The van der Waals surface area contributed by atoms with Gasteiger partial charge >= 0.3 is 6.85 Å². The largest absolute Gasteiger partial charge is 0.427 e. The molecule has 0 atom stereocenters. The summed E-state index contributed by atoms with van der Waals surface area (Å²) in [5.41, 5.74) is 2.13. The van der Waals surface area contributed by atoms with Gasteiger partial charge in [0.2, 0.25) is 0 Å². The summed E-state index contributed by atoms with van der Waals surface area (Å²) >= 11 is 0. The third-order valence-corrected chi connectivity index (χ3v) is 2.19. The molecule has 1 aromatic rings. The molecule has 0 amide bonds. The summed E-state index contributed by atoms with van der Waals surface area (Å²) in [6.07, 6.45) is 3.02. The van der Waals surface area contributed by atoms with Crippen LogP contribution in [0.25, 0.3) is 0 Å². The number of hydrogen-bond donors (Lipinski definition) is 1. The molecule has 0 saturated carbocycles. The highest BCUT2D eigenvalue weighted by Crippen LogP contribution is 1.97. The van der Waals surface area contributed by atoms with Gasteiger partial charge in [0.1, 0.15) is 6.29 Å². The molecule has 15 heavy (non-hydrogen) atoms. The van der Waals surface area contributed by atoms with Crippen molar-refractivity contribution in [2.45, 2.75) is 6.42 Å². The number of aldehydes is 1. The van der Waals surface area contributed by atoms with E-state index in [9.17, 15) is 4.79 Å². The van der Waals surface area contributed by atoms with Crippen LogP contribution in [0.3, 0.4) is 0 Å². The van der Waals surface area contributed by atoms with E-state index in [1.807, 2.05) is 30.2 Å². The van der Waals surface area contributed by atoms with Crippen molar-refractivity contribution >= 4 is 18.6 Å². The average Bonchev–Trinajstić information content (AvgIpc) is 2.28. The van der Waals surface area contributed by atoms with E-state index in [0.29, 0.717) is 6.42 Å². The normalized spacial score (nSPS) is 9.07. The molecule has 0 aliphatic rings. The lowest BCUT2D eigenvalue weighted by Gasteiger charge is -2.08. The van der Waals surface area contributed by atoms with Crippen molar-refractivity contribution in [3.8, 4) is 0 Å². The molecular weight excluding hydrogens is 185 g/mol. The second kappa shape index (κ2) is 5.86. The number of benzene rings is 1. The zero-order valence-electron chi connectivity index (χ0n) is 8.65. The molecule has 1 rings (SSSR count). The van der Waals surface area contributed by atoms with Crippen LogP contribution in [0.4, 0.5) is 0 Å². The van der Waals surface area contributed by atoms with Crippen molar-refractivity contribution in [1.29, 1.82) is 0 Å². The Hall–Kier alpha value is -1.77. The monoisotopic (exact) mass is 199 g/mol. The average molecular weight is 199 g/mol. The van der Waals surface area contributed by atoms with Gasteiger partial charge in [-0.15, -0.1) is 6.58 Å².